The Morgan fingerprint density at radius 2 is 1.58 bits per heavy atom. The molecule has 0 spiro atoms. The van der Waals surface area contributed by atoms with Gasteiger partial charge in [0.2, 0.25) is 0 Å². The Hall–Kier alpha value is -3.26. The number of allylic oxidation sites excluding steroid dienone is 1. The number of benzene rings is 3. The van der Waals surface area contributed by atoms with Crippen molar-refractivity contribution in [2.24, 2.45) is 0 Å². The minimum absolute atomic E-state index is 0.972. The van der Waals surface area contributed by atoms with Crippen molar-refractivity contribution in [3.05, 3.63) is 65.7 Å². The van der Waals surface area contributed by atoms with Crippen LogP contribution in [0, 0.1) is 0 Å². The number of hydrogen-bond acceptors (Lipinski definition) is 1. The molecular weight excluding hydrogens is 318 g/mol. The molecule has 6 aromatic rings. The summed E-state index contributed by atoms with van der Waals surface area (Å²) in [5.74, 6) is 0. The van der Waals surface area contributed by atoms with Crippen LogP contribution >= 0.6 is 0 Å². The first kappa shape index (κ1) is 13.0. The third-order valence-electron chi connectivity index (χ3n) is 6.03. The summed E-state index contributed by atoms with van der Waals surface area (Å²) < 4.78 is 6.26. The Labute approximate surface area is 149 Å². The molecule has 2 heteroatoms. The molecule has 0 fully saturated rings. The maximum absolute atomic E-state index is 6.26. The summed E-state index contributed by atoms with van der Waals surface area (Å²) in [5, 5.41) is 7.81. The lowest BCUT2D eigenvalue weighted by Gasteiger charge is -2.15. The first-order chi connectivity index (χ1) is 12.9. The molecule has 1 aliphatic rings. The summed E-state index contributed by atoms with van der Waals surface area (Å²) in [4.78, 5) is 3.64. The molecule has 2 nitrogen and oxygen atoms in total. The second-order valence-electron chi connectivity index (χ2n) is 7.33. The van der Waals surface area contributed by atoms with E-state index in [1.54, 1.807) is 0 Å². The van der Waals surface area contributed by atoms with Gasteiger partial charge in [-0.15, -0.1) is 0 Å². The Bertz CT molecular complexity index is 1530. The number of rotatable bonds is 0. The van der Waals surface area contributed by atoms with Crippen molar-refractivity contribution in [3.63, 3.8) is 0 Å². The van der Waals surface area contributed by atoms with Crippen molar-refractivity contribution in [1.29, 1.82) is 0 Å². The fourth-order valence-corrected chi connectivity index (χ4v) is 5.02. The zero-order valence-corrected chi connectivity index (χ0v) is 14.1. The van der Waals surface area contributed by atoms with Crippen LogP contribution in [0.15, 0.2) is 59.0 Å². The Morgan fingerprint density at radius 1 is 0.731 bits per heavy atom. The number of hydrogen-bond donors (Lipinski definition) is 1. The van der Waals surface area contributed by atoms with E-state index in [0.717, 1.165) is 24.0 Å². The van der Waals surface area contributed by atoms with Gasteiger partial charge in [0.15, 0.2) is 0 Å². The van der Waals surface area contributed by atoms with Gasteiger partial charge < -0.3 is 9.40 Å². The van der Waals surface area contributed by atoms with Crippen LogP contribution in [0.2, 0.25) is 0 Å². The third kappa shape index (κ3) is 1.37. The van der Waals surface area contributed by atoms with Gasteiger partial charge in [-0.2, -0.15) is 0 Å². The first-order valence-electron chi connectivity index (χ1n) is 9.19. The normalized spacial score (nSPS) is 14.5. The highest BCUT2D eigenvalue weighted by atomic mass is 16.3. The maximum atomic E-state index is 6.26. The molecule has 0 saturated carbocycles. The molecule has 2 heterocycles. The standard InChI is InChI=1S/C24H15NO/c1-2-6-14-13(5-1)15-7-3-9-17-21(15)23-18(25-17)11-12-20-24(23)22-16(14)8-4-10-19(22)26-20/h2-4,6-12,25H,1,5H2. The fourth-order valence-electron chi connectivity index (χ4n) is 5.02. The summed E-state index contributed by atoms with van der Waals surface area (Å²) in [6.45, 7) is 0. The Balaban J connectivity index is 2.01. The van der Waals surface area contributed by atoms with Crippen molar-refractivity contribution in [2.45, 2.75) is 12.8 Å². The third-order valence-corrected chi connectivity index (χ3v) is 6.03. The van der Waals surface area contributed by atoms with Crippen LogP contribution in [0.3, 0.4) is 0 Å². The second-order valence-corrected chi connectivity index (χ2v) is 7.33. The molecule has 0 amide bonds. The SMILES string of the molecule is C1=Cc2c(c3cccc4[nH]c5ccc6oc7cccc2c7c6c5c43)CC1. The number of aromatic amines is 1. The van der Waals surface area contributed by atoms with Crippen LogP contribution in [0.5, 0.6) is 0 Å². The van der Waals surface area contributed by atoms with Crippen LogP contribution in [0.25, 0.3) is 60.6 Å². The maximum Gasteiger partial charge on any atom is 0.136 e. The molecule has 0 bridgehead atoms. The van der Waals surface area contributed by atoms with Gasteiger partial charge in [-0.3, -0.25) is 0 Å². The Morgan fingerprint density at radius 3 is 2.58 bits per heavy atom. The van der Waals surface area contributed by atoms with Crippen LogP contribution in [0.1, 0.15) is 17.5 Å². The summed E-state index contributed by atoms with van der Waals surface area (Å²) in [7, 11) is 0. The van der Waals surface area contributed by atoms with Crippen molar-refractivity contribution in [3.8, 4) is 0 Å². The van der Waals surface area contributed by atoms with E-state index in [9.17, 15) is 0 Å². The molecule has 0 radical (unpaired) electrons. The summed E-state index contributed by atoms with van der Waals surface area (Å²) in [6.07, 6.45) is 6.79. The van der Waals surface area contributed by atoms with Crippen molar-refractivity contribution in [2.75, 3.05) is 0 Å². The fraction of sp³-hybridized carbons (Fsp3) is 0.0833. The molecular formula is C24H15NO. The molecule has 7 rings (SSSR count). The van der Waals surface area contributed by atoms with E-state index < -0.39 is 0 Å². The molecule has 1 aliphatic carbocycles. The van der Waals surface area contributed by atoms with Gasteiger partial charge in [0, 0.05) is 32.6 Å². The van der Waals surface area contributed by atoms with Crippen LogP contribution in [-0.4, -0.2) is 4.98 Å². The van der Waals surface area contributed by atoms with E-state index in [2.05, 4.69) is 65.7 Å². The van der Waals surface area contributed by atoms with Crippen molar-refractivity contribution in [1.82, 2.24) is 4.98 Å². The topological polar surface area (TPSA) is 28.9 Å². The van der Waals surface area contributed by atoms with Gasteiger partial charge >= 0.3 is 0 Å². The van der Waals surface area contributed by atoms with E-state index in [1.165, 1.54) is 54.5 Å². The zero-order chi connectivity index (χ0) is 16.8. The highest BCUT2D eigenvalue weighted by Gasteiger charge is 2.21. The van der Waals surface area contributed by atoms with Crippen molar-refractivity contribution < 1.29 is 4.42 Å². The van der Waals surface area contributed by atoms with E-state index >= 15 is 0 Å². The molecule has 26 heavy (non-hydrogen) atoms. The van der Waals surface area contributed by atoms with Gasteiger partial charge in [-0.25, -0.2) is 0 Å². The molecule has 0 aliphatic heterocycles. The second kappa shape index (κ2) is 4.28. The van der Waals surface area contributed by atoms with Crippen LogP contribution < -0.4 is 0 Å². The molecule has 122 valence electrons. The minimum Gasteiger partial charge on any atom is -0.456 e. The predicted octanol–water partition coefficient (Wildman–Crippen LogP) is 6.77. The monoisotopic (exact) mass is 333 g/mol. The van der Waals surface area contributed by atoms with E-state index in [0.29, 0.717) is 0 Å². The highest BCUT2D eigenvalue weighted by molar-refractivity contribution is 6.33. The molecule has 0 atom stereocenters. The van der Waals surface area contributed by atoms with Gasteiger partial charge in [-0.05, 0) is 59.0 Å². The van der Waals surface area contributed by atoms with E-state index in [1.807, 2.05) is 0 Å². The van der Waals surface area contributed by atoms with Crippen molar-refractivity contribution >= 4 is 60.6 Å². The van der Waals surface area contributed by atoms with Gasteiger partial charge in [0.25, 0.3) is 0 Å². The number of fused-ring (bicyclic) bond motifs is 3. The van der Waals surface area contributed by atoms with Gasteiger partial charge in [-0.1, -0.05) is 36.4 Å². The molecule has 0 unspecified atom stereocenters. The molecule has 1 N–H and O–H groups in total. The highest BCUT2D eigenvalue weighted by Crippen LogP contribution is 2.45. The lowest BCUT2D eigenvalue weighted by atomic mass is 9.88. The van der Waals surface area contributed by atoms with E-state index in [-0.39, 0.29) is 0 Å². The summed E-state index contributed by atoms with van der Waals surface area (Å²) >= 11 is 0. The minimum atomic E-state index is 0.972. The summed E-state index contributed by atoms with van der Waals surface area (Å²) in [5.41, 5.74) is 7.15. The first-order valence-corrected chi connectivity index (χ1v) is 9.19. The van der Waals surface area contributed by atoms with Crippen LogP contribution in [0.4, 0.5) is 0 Å². The Kier molecular flexibility index (Phi) is 2.14. The number of H-pyrrole nitrogens is 1. The molecule has 0 saturated heterocycles. The van der Waals surface area contributed by atoms with Gasteiger partial charge in [0.05, 0.1) is 0 Å². The van der Waals surface area contributed by atoms with Gasteiger partial charge in [0.1, 0.15) is 11.2 Å². The number of furan rings is 1. The zero-order valence-electron chi connectivity index (χ0n) is 14.1. The number of nitrogens with one attached hydrogen (secondary N) is 1. The lowest BCUT2D eigenvalue weighted by Crippen LogP contribution is -1.95. The number of aromatic nitrogens is 1. The molecule has 2 aromatic heterocycles. The predicted molar refractivity (Wildman–Crippen MR) is 109 cm³/mol. The van der Waals surface area contributed by atoms with E-state index in [4.69, 9.17) is 4.42 Å². The quantitative estimate of drug-likeness (QED) is 0.326. The van der Waals surface area contributed by atoms with Crippen LogP contribution in [-0.2, 0) is 6.42 Å². The average Bonchev–Trinajstić information content (AvgIpc) is 3.24. The summed E-state index contributed by atoms with van der Waals surface area (Å²) in [6, 6.07) is 17.4. The largest absolute Gasteiger partial charge is 0.456 e. The lowest BCUT2D eigenvalue weighted by molar-refractivity contribution is 0.669. The average molecular weight is 333 g/mol. The number of aryl methyl sites for hydroxylation is 1. The molecule has 4 aromatic carbocycles. The smallest absolute Gasteiger partial charge is 0.136 e.